The number of thiophene rings is 1. The smallest absolute Gasteiger partial charge is 0.231 e. The Hall–Kier alpha value is -1.61. The van der Waals surface area contributed by atoms with Crippen LogP contribution in [0.25, 0.3) is 0 Å². The molecule has 0 saturated heterocycles. The van der Waals surface area contributed by atoms with E-state index in [0.29, 0.717) is 5.90 Å². The van der Waals surface area contributed by atoms with Crippen LogP contribution < -0.4 is 0 Å². The lowest BCUT2D eigenvalue weighted by Gasteiger charge is -2.09. The molecule has 0 fully saturated rings. The van der Waals surface area contributed by atoms with Crippen LogP contribution in [0.1, 0.15) is 21.6 Å². The molecule has 1 heterocycles. The summed E-state index contributed by atoms with van der Waals surface area (Å²) in [7, 11) is 1.66. The molecule has 18 heavy (non-hydrogen) atoms. The summed E-state index contributed by atoms with van der Waals surface area (Å²) in [5.41, 5.74) is 4.63. The van der Waals surface area contributed by atoms with Crippen molar-refractivity contribution in [2.45, 2.75) is 20.8 Å². The average Bonchev–Trinajstić information content (AvgIpc) is 2.81. The standard InChI is InChI=1S/C15H17NOS/c1-10-8-11(2)14(12(3)9-10)16-15(17-4)13-6-5-7-18-13/h5-9H,1-4H3. The molecule has 1 aromatic carbocycles. The van der Waals surface area contributed by atoms with Crippen LogP contribution in [-0.2, 0) is 4.74 Å². The summed E-state index contributed by atoms with van der Waals surface area (Å²) in [4.78, 5) is 5.72. The highest BCUT2D eigenvalue weighted by atomic mass is 32.1. The van der Waals surface area contributed by atoms with Crippen molar-refractivity contribution in [3.05, 3.63) is 51.2 Å². The summed E-state index contributed by atoms with van der Waals surface area (Å²) < 4.78 is 5.40. The normalized spacial score (nSPS) is 11.7. The summed E-state index contributed by atoms with van der Waals surface area (Å²) in [5, 5.41) is 2.03. The van der Waals surface area contributed by atoms with Crippen molar-refractivity contribution in [3.63, 3.8) is 0 Å². The molecule has 0 spiro atoms. The molecular weight excluding hydrogens is 242 g/mol. The number of hydrogen-bond donors (Lipinski definition) is 0. The largest absolute Gasteiger partial charge is 0.480 e. The molecule has 0 saturated carbocycles. The molecule has 0 radical (unpaired) electrons. The fourth-order valence-corrected chi connectivity index (χ4v) is 2.74. The second-order valence-corrected chi connectivity index (χ2v) is 5.29. The van der Waals surface area contributed by atoms with Crippen molar-refractivity contribution in [3.8, 4) is 0 Å². The highest BCUT2D eigenvalue weighted by Crippen LogP contribution is 2.26. The number of ether oxygens (including phenoxy) is 1. The summed E-state index contributed by atoms with van der Waals surface area (Å²) >= 11 is 1.63. The van der Waals surface area contributed by atoms with E-state index in [0.717, 1.165) is 10.6 Å². The topological polar surface area (TPSA) is 21.6 Å². The third kappa shape index (κ3) is 2.62. The van der Waals surface area contributed by atoms with Crippen molar-refractivity contribution in [2.24, 2.45) is 4.99 Å². The van der Waals surface area contributed by atoms with E-state index < -0.39 is 0 Å². The first-order chi connectivity index (χ1) is 8.61. The monoisotopic (exact) mass is 259 g/mol. The van der Waals surface area contributed by atoms with Crippen LogP contribution in [0, 0.1) is 20.8 Å². The van der Waals surface area contributed by atoms with E-state index in [2.05, 4.69) is 37.9 Å². The molecule has 3 heteroatoms. The Balaban J connectivity index is 2.49. The number of benzene rings is 1. The van der Waals surface area contributed by atoms with Gasteiger partial charge in [-0.2, -0.15) is 0 Å². The van der Waals surface area contributed by atoms with Gasteiger partial charge < -0.3 is 4.74 Å². The fourth-order valence-electron chi connectivity index (χ4n) is 2.05. The Labute approximate surface area is 112 Å². The van der Waals surface area contributed by atoms with Gasteiger partial charge in [0.2, 0.25) is 5.90 Å². The molecule has 0 amide bonds. The van der Waals surface area contributed by atoms with Gasteiger partial charge in [0.15, 0.2) is 0 Å². The molecule has 0 bridgehead atoms. The van der Waals surface area contributed by atoms with Crippen molar-refractivity contribution < 1.29 is 4.74 Å². The molecule has 1 aromatic heterocycles. The minimum Gasteiger partial charge on any atom is -0.480 e. The van der Waals surface area contributed by atoms with Crippen molar-refractivity contribution in [2.75, 3.05) is 7.11 Å². The highest BCUT2D eigenvalue weighted by molar-refractivity contribution is 7.12. The predicted molar refractivity (Wildman–Crippen MR) is 78.2 cm³/mol. The van der Waals surface area contributed by atoms with E-state index in [-0.39, 0.29) is 0 Å². The Morgan fingerprint density at radius 2 is 1.83 bits per heavy atom. The number of methoxy groups -OCH3 is 1. The predicted octanol–water partition coefficient (Wildman–Crippen LogP) is 4.40. The van der Waals surface area contributed by atoms with Gasteiger partial charge >= 0.3 is 0 Å². The van der Waals surface area contributed by atoms with Crippen molar-refractivity contribution in [1.29, 1.82) is 0 Å². The fraction of sp³-hybridized carbons (Fsp3) is 0.267. The molecule has 0 atom stereocenters. The van der Waals surface area contributed by atoms with E-state index in [4.69, 9.17) is 4.74 Å². The average molecular weight is 259 g/mol. The van der Waals surface area contributed by atoms with Crippen molar-refractivity contribution >= 4 is 22.9 Å². The van der Waals surface area contributed by atoms with Crippen LogP contribution in [0.4, 0.5) is 5.69 Å². The Kier molecular flexibility index (Phi) is 3.82. The first-order valence-corrected chi connectivity index (χ1v) is 6.74. The molecule has 0 aliphatic heterocycles. The minimum absolute atomic E-state index is 0.681. The maximum Gasteiger partial charge on any atom is 0.231 e. The number of rotatable bonds is 2. The van der Waals surface area contributed by atoms with Crippen LogP contribution in [0.3, 0.4) is 0 Å². The zero-order chi connectivity index (χ0) is 13.1. The van der Waals surface area contributed by atoms with Gasteiger partial charge in [-0.25, -0.2) is 4.99 Å². The van der Waals surface area contributed by atoms with Crippen LogP contribution in [0.5, 0.6) is 0 Å². The summed E-state index contributed by atoms with van der Waals surface area (Å²) in [6.45, 7) is 6.27. The van der Waals surface area contributed by atoms with E-state index in [9.17, 15) is 0 Å². The van der Waals surface area contributed by atoms with Crippen LogP contribution in [0.2, 0.25) is 0 Å². The van der Waals surface area contributed by atoms with Crippen LogP contribution >= 0.6 is 11.3 Å². The Morgan fingerprint density at radius 3 is 2.33 bits per heavy atom. The number of nitrogens with zero attached hydrogens (tertiary/aromatic N) is 1. The SMILES string of the molecule is COC(=Nc1c(C)cc(C)cc1C)c1cccs1. The number of aryl methyl sites for hydroxylation is 3. The van der Waals surface area contributed by atoms with Crippen LogP contribution in [0.15, 0.2) is 34.6 Å². The Morgan fingerprint density at radius 1 is 1.17 bits per heavy atom. The second kappa shape index (κ2) is 5.36. The zero-order valence-electron chi connectivity index (χ0n) is 11.2. The highest BCUT2D eigenvalue weighted by Gasteiger charge is 2.08. The van der Waals surface area contributed by atoms with Crippen LogP contribution in [-0.4, -0.2) is 13.0 Å². The molecule has 0 aliphatic rings. The minimum atomic E-state index is 0.681. The van der Waals surface area contributed by atoms with Gasteiger partial charge in [0.25, 0.3) is 0 Å². The van der Waals surface area contributed by atoms with Gasteiger partial charge in [0.05, 0.1) is 17.7 Å². The third-order valence-corrected chi connectivity index (χ3v) is 3.63. The molecular formula is C15H17NOS. The zero-order valence-corrected chi connectivity index (χ0v) is 12.0. The lowest BCUT2D eigenvalue weighted by molar-refractivity contribution is 0.406. The van der Waals surface area contributed by atoms with Gasteiger partial charge in [-0.1, -0.05) is 23.8 Å². The van der Waals surface area contributed by atoms with E-state index in [1.54, 1.807) is 18.4 Å². The molecule has 0 N–H and O–H groups in total. The van der Waals surface area contributed by atoms with Gasteiger partial charge in [-0.05, 0) is 43.3 Å². The molecule has 0 unspecified atom stereocenters. The lowest BCUT2D eigenvalue weighted by atomic mass is 10.1. The molecule has 2 nitrogen and oxygen atoms in total. The molecule has 2 aromatic rings. The summed E-state index contributed by atoms with van der Waals surface area (Å²) in [6.07, 6.45) is 0. The first kappa shape index (κ1) is 12.8. The summed E-state index contributed by atoms with van der Waals surface area (Å²) in [5.74, 6) is 0.681. The molecule has 0 aliphatic carbocycles. The van der Waals surface area contributed by atoms with E-state index in [1.807, 2.05) is 17.5 Å². The quantitative estimate of drug-likeness (QED) is 0.578. The van der Waals surface area contributed by atoms with Crippen molar-refractivity contribution in [1.82, 2.24) is 0 Å². The maximum atomic E-state index is 5.40. The van der Waals surface area contributed by atoms with Gasteiger partial charge in [-0.3, -0.25) is 0 Å². The molecule has 94 valence electrons. The molecule has 2 rings (SSSR count). The van der Waals surface area contributed by atoms with E-state index >= 15 is 0 Å². The third-order valence-electron chi connectivity index (χ3n) is 2.77. The first-order valence-electron chi connectivity index (χ1n) is 5.86. The lowest BCUT2D eigenvalue weighted by Crippen LogP contribution is -2.01. The van der Waals surface area contributed by atoms with Gasteiger partial charge in [0.1, 0.15) is 0 Å². The van der Waals surface area contributed by atoms with E-state index in [1.165, 1.54) is 16.7 Å². The van der Waals surface area contributed by atoms with Gasteiger partial charge in [-0.15, -0.1) is 11.3 Å². The second-order valence-electron chi connectivity index (χ2n) is 4.35. The summed E-state index contributed by atoms with van der Waals surface area (Å²) in [6, 6.07) is 8.32. The Bertz CT molecular complexity index is 547. The number of hydrogen-bond acceptors (Lipinski definition) is 3. The van der Waals surface area contributed by atoms with Gasteiger partial charge in [0, 0.05) is 0 Å². The number of aliphatic imine (C=N–C) groups is 1. The maximum absolute atomic E-state index is 5.40.